The Morgan fingerprint density at radius 3 is 2.93 bits per heavy atom. The average Bonchev–Trinajstić information content (AvgIpc) is 3.00. The molecule has 1 aliphatic carbocycles. The quantitative estimate of drug-likeness (QED) is 0.477. The lowest BCUT2D eigenvalue weighted by molar-refractivity contribution is -0.938. The van der Waals surface area contributed by atoms with E-state index in [1.165, 1.54) is 11.1 Å². The number of hydrogen-bond acceptors (Lipinski definition) is 5. The number of aliphatic hydroxyl groups is 1. The minimum Gasteiger partial charge on any atom is -0.493 e. The maximum Gasteiger partial charge on any atom is 0.312 e. The Kier molecular flexibility index (Phi) is 5.11. The zero-order valence-electron chi connectivity index (χ0n) is 17.8. The number of esters is 1. The molecule has 6 heteroatoms. The van der Waals surface area contributed by atoms with E-state index < -0.39 is 6.10 Å². The van der Waals surface area contributed by atoms with Gasteiger partial charge in [-0.2, -0.15) is 0 Å². The molecule has 1 aromatic carbocycles. The fourth-order valence-corrected chi connectivity index (χ4v) is 5.07. The molecule has 6 nitrogen and oxygen atoms in total. The third kappa shape index (κ3) is 3.42. The van der Waals surface area contributed by atoms with Gasteiger partial charge in [0, 0.05) is 17.5 Å². The molecule has 0 aromatic heterocycles. The maximum atomic E-state index is 12.0. The molecular weight excluding hydrogens is 370 g/mol. The molecule has 0 fully saturated rings. The Hall–Kier alpha value is -2.05. The van der Waals surface area contributed by atoms with E-state index in [9.17, 15) is 9.90 Å². The standard InChI is InChI=1S/C23H32NO5/c1-15(2)22(26)28-14-24(3)11-5-9-23-10-8-17(25)12-19(23)29-21-18(27-4)7-6-16(13-24)20(21)23/h6-8,10,15,17,19,25H,5,9,11-14H2,1-4H3/q+1. The van der Waals surface area contributed by atoms with Crippen LogP contribution in [0.5, 0.6) is 11.5 Å². The van der Waals surface area contributed by atoms with Gasteiger partial charge in [0.05, 0.1) is 38.1 Å². The predicted molar refractivity (Wildman–Crippen MR) is 109 cm³/mol. The van der Waals surface area contributed by atoms with Crippen molar-refractivity contribution in [2.24, 2.45) is 5.92 Å². The van der Waals surface area contributed by atoms with Gasteiger partial charge in [0.2, 0.25) is 6.73 Å². The van der Waals surface area contributed by atoms with Gasteiger partial charge in [0.15, 0.2) is 11.5 Å². The summed E-state index contributed by atoms with van der Waals surface area (Å²) >= 11 is 0. The van der Waals surface area contributed by atoms with Crippen molar-refractivity contribution >= 4 is 5.97 Å². The van der Waals surface area contributed by atoms with Crippen LogP contribution in [0, 0.1) is 5.92 Å². The van der Waals surface area contributed by atoms with E-state index in [0.29, 0.717) is 17.6 Å². The first kappa shape index (κ1) is 20.2. The number of carbonyl (C=O) groups excluding carboxylic acids is 1. The SMILES string of the molecule is COc1ccc2c3c1OC1CC(O)C=CC31CCC[N+](C)(COC(=O)C(C)C)C2. The summed E-state index contributed by atoms with van der Waals surface area (Å²) in [6, 6.07) is 4.08. The zero-order valence-corrected chi connectivity index (χ0v) is 17.8. The molecule has 0 bridgehead atoms. The summed E-state index contributed by atoms with van der Waals surface area (Å²) in [5, 5.41) is 10.2. The number of aliphatic hydroxyl groups excluding tert-OH is 1. The van der Waals surface area contributed by atoms with Crippen molar-refractivity contribution in [3.05, 3.63) is 35.4 Å². The van der Waals surface area contributed by atoms with Gasteiger partial charge >= 0.3 is 5.97 Å². The highest BCUT2D eigenvalue weighted by Gasteiger charge is 2.53. The van der Waals surface area contributed by atoms with Gasteiger partial charge < -0.3 is 19.3 Å². The van der Waals surface area contributed by atoms with Crippen LogP contribution in [0.3, 0.4) is 0 Å². The summed E-state index contributed by atoms with van der Waals surface area (Å²) < 4.78 is 18.3. The molecule has 0 amide bonds. The summed E-state index contributed by atoms with van der Waals surface area (Å²) in [5.74, 6) is 1.26. The first-order chi connectivity index (χ1) is 13.8. The molecule has 0 saturated carbocycles. The van der Waals surface area contributed by atoms with Crippen LogP contribution in [0.15, 0.2) is 24.3 Å². The fraction of sp³-hybridized carbons (Fsp3) is 0.609. The lowest BCUT2D eigenvalue weighted by atomic mass is 9.67. The number of rotatable bonds is 4. The van der Waals surface area contributed by atoms with E-state index in [4.69, 9.17) is 14.2 Å². The van der Waals surface area contributed by atoms with E-state index in [-0.39, 0.29) is 23.4 Å². The Balaban J connectivity index is 1.73. The molecule has 2 heterocycles. The van der Waals surface area contributed by atoms with Gasteiger partial charge in [-0.05, 0) is 25.0 Å². The Bertz CT molecular complexity index is 835. The van der Waals surface area contributed by atoms with Crippen molar-refractivity contribution in [3.8, 4) is 11.5 Å². The van der Waals surface area contributed by atoms with Gasteiger partial charge in [-0.1, -0.05) is 26.0 Å². The number of benzene rings is 1. The van der Waals surface area contributed by atoms with Gasteiger partial charge in [-0.25, -0.2) is 0 Å². The topological polar surface area (TPSA) is 65.0 Å². The van der Waals surface area contributed by atoms with E-state index >= 15 is 0 Å². The molecule has 3 aliphatic rings. The second-order valence-corrected chi connectivity index (χ2v) is 9.29. The molecule has 4 rings (SSSR count). The largest absolute Gasteiger partial charge is 0.493 e. The molecule has 4 atom stereocenters. The van der Waals surface area contributed by atoms with Crippen LogP contribution >= 0.6 is 0 Å². The molecule has 1 aromatic rings. The van der Waals surface area contributed by atoms with Crippen LogP contribution < -0.4 is 9.47 Å². The van der Waals surface area contributed by atoms with Gasteiger partial charge in [-0.15, -0.1) is 0 Å². The molecule has 29 heavy (non-hydrogen) atoms. The van der Waals surface area contributed by atoms with Crippen LogP contribution in [0.25, 0.3) is 0 Å². The van der Waals surface area contributed by atoms with Gasteiger partial charge in [-0.3, -0.25) is 9.28 Å². The van der Waals surface area contributed by atoms with E-state index in [0.717, 1.165) is 37.4 Å². The Morgan fingerprint density at radius 2 is 2.21 bits per heavy atom. The number of quaternary nitrogens is 1. The van der Waals surface area contributed by atoms with Crippen molar-refractivity contribution in [1.29, 1.82) is 0 Å². The maximum absolute atomic E-state index is 12.0. The molecule has 0 saturated heterocycles. The first-order valence-electron chi connectivity index (χ1n) is 10.5. The van der Waals surface area contributed by atoms with E-state index in [2.05, 4.69) is 19.2 Å². The van der Waals surface area contributed by atoms with Gasteiger partial charge in [0.1, 0.15) is 12.6 Å². The highest BCUT2D eigenvalue weighted by atomic mass is 16.5. The molecular formula is C23H32NO5+. The smallest absolute Gasteiger partial charge is 0.312 e. The average molecular weight is 403 g/mol. The molecule has 0 radical (unpaired) electrons. The van der Waals surface area contributed by atoms with Crippen molar-refractivity contribution in [1.82, 2.24) is 0 Å². The monoisotopic (exact) mass is 402 g/mol. The summed E-state index contributed by atoms with van der Waals surface area (Å²) in [6.45, 7) is 5.75. The predicted octanol–water partition coefficient (Wildman–Crippen LogP) is 2.91. The summed E-state index contributed by atoms with van der Waals surface area (Å²) in [4.78, 5) is 12.0. The summed E-state index contributed by atoms with van der Waals surface area (Å²) in [5.41, 5.74) is 2.16. The third-order valence-electron chi connectivity index (χ3n) is 6.63. The van der Waals surface area contributed by atoms with E-state index in [1.54, 1.807) is 7.11 Å². The normalized spacial score (nSPS) is 32.6. The minimum atomic E-state index is -0.476. The second-order valence-electron chi connectivity index (χ2n) is 9.29. The third-order valence-corrected chi connectivity index (χ3v) is 6.63. The fourth-order valence-electron chi connectivity index (χ4n) is 5.07. The zero-order chi connectivity index (χ0) is 20.8. The molecule has 158 valence electrons. The lowest BCUT2D eigenvalue weighted by Crippen LogP contribution is -2.50. The second kappa shape index (κ2) is 7.33. The van der Waals surface area contributed by atoms with Crippen LogP contribution in [-0.4, -0.2) is 55.2 Å². The number of methoxy groups -OCH3 is 1. The Labute approximate surface area is 172 Å². The summed E-state index contributed by atoms with van der Waals surface area (Å²) in [6.07, 6.45) is 6.02. The van der Waals surface area contributed by atoms with Crippen molar-refractivity contribution < 1.29 is 28.6 Å². The van der Waals surface area contributed by atoms with Crippen molar-refractivity contribution in [2.45, 2.75) is 57.3 Å². The minimum absolute atomic E-state index is 0.0804. The highest BCUT2D eigenvalue weighted by molar-refractivity contribution is 5.71. The van der Waals surface area contributed by atoms with Crippen molar-refractivity contribution in [2.75, 3.05) is 27.4 Å². The van der Waals surface area contributed by atoms with Crippen LogP contribution in [0.4, 0.5) is 0 Å². The number of carbonyl (C=O) groups is 1. The van der Waals surface area contributed by atoms with E-state index in [1.807, 2.05) is 26.0 Å². The number of ether oxygens (including phenoxy) is 3. The lowest BCUT2D eigenvalue weighted by Gasteiger charge is -2.41. The number of hydrogen-bond donors (Lipinski definition) is 1. The van der Waals surface area contributed by atoms with Gasteiger partial charge in [0.25, 0.3) is 0 Å². The van der Waals surface area contributed by atoms with Crippen LogP contribution in [0.1, 0.15) is 44.2 Å². The van der Waals surface area contributed by atoms with Crippen molar-refractivity contribution in [3.63, 3.8) is 0 Å². The first-order valence-corrected chi connectivity index (χ1v) is 10.5. The van der Waals surface area contributed by atoms with Crippen LogP contribution in [0.2, 0.25) is 0 Å². The molecule has 4 unspecified atom stereocenters. The van der Waals surface area contributed by atoms with Crippen LogP contribution in [-0.2, 0) is 21.5 Å². The molecule has 1 N–H and O–H groups in total. The Morgan fingerprint density at radius 1 is 1.41 bits per heavy atom. The molecule has 2 aliphatic heterocycles. The highest BCUT2D eigenvalue weighted by Crippen LogP contribution is 2.56. The summed E-state index contributed by atoms with van der Waals surface area (Å²) in [7, 11) is 3.81. The molecule has 1 spiro atoms. The number of nitrogens with zero attached hydrogens (tertiary/aromatic N) is 1.